The van der Waals surface area contributed by atoms with Gasteiger partial charge in [0.2, 0.25) is 0 Å². The first kappa shape index (κ1) is 12.4. The Bertz CT molecular complexity index is 622. The number of thiazole rings is 1. The summed E-state index contributed by atoms with van der Waals surface area (Å²) < 4.78 is 0.980. The third-order valence-electron chi connectivity index (χ3n) is 3.72. The van der Waals surface area contributed by atoms with Crippen LogP contribution in [0.2, 0.25) is 0 Å². The first-order chi connectivity index (χ1) is 9.15. The van der Waals surface area contributed by atoms with Crippen molar-refractivity contribution in [3.05, 3.63) is 23.8 Å². The van der Waals surface area contributed by atoms with E-state index in [1.165, 1.54) is 17.8 Å². The number of piperidine rings is 1. The maximum atomic E-state index is 12.5. The second-order valence-electron chi connectivity index (χ2n) is 5.08. The number of hydrogen-bond donors (Lipinski definition) is 1. The minimum Gasteiger partial charge on any atom is -0.375 e. The van der Waals surface area contributed by atoms with Gasteiger partial charge < -0.3 is 10.6 Å². The third kappa shape index (κ3) is 2.30. The summed E-state index contributed by atoms with van der Waals surface area (Å²) in [6.45, 7) is 2.99. The summed E-state index contributed by atoms with van der Waals surface area (Å²) >= 11 is 1.43. The first-order valence-electron chi connectivity index (χ1n) is 6.62. The monoisotopic (exact) mass is 275 g/mol. The second kappa shape index (κ2) is 4.81. The van der Waals surface area contributed by atoms with Crippen LogP contribution in [0.15, 0.2) is 18.2 Å². The molecule has 0 bridgehead atoms. The molecule has 3 rings (SSSR count). The van der Waals surface area contributed by atoms with Crippen molar-refractivity contribution >= 4 is 32.6 Å². The molecule has 19 heavy (non-hydrogen) atoms. The van der Waals surface area contributed by atoms with Crippen LogP contribution in [-0.4, -0.2) is 28.4 Å². The van der Waals surface area contributed by atoms with Crippen molar-refractivity contribution in [1.82, 2.24) is 9.88 Å². The van der Waals surface area contributed by atoms with Gasteiger partial charge in [0, 0.05) is 18.2 Å². The van der Waals surface area contributed by atoms with Crippen LogP contribution in [0.25, 0.3) is 10.2 Å². The van der Waals surface area contributed by atoms with E-state index in [9.17, 15) is 4.79 Å². The smallest absolute Gasteiger partial charge is 0.254 e. The molecule has 100 valence electrons. The van der Waals surface area contributed by atoms with Crippen LogP contribution in [-0.2, 0) is 0 Å². The number of benzene rings is 1. The molecule has 0 aliphatic carbocycles. The van der Waals surface area contributed by atoms with Gasteiger partial charge in [-0.2, -0.15) is 0 Å². The standard InChI is InChI=1S/C14H17N3OS/c1-9-4-2-3-7-17(9)13(18)10-5-6-11-12(8-10)19-14(15)16-11/h5-6,8-9H,2-4,7H2,1H3,(H2,15,16)/t9-/m1/s1. The van der Waals surface area contributed by atoms with Gasteiger partial charge in [0.25, 0.3) is 5.91 Å². The minimum absolute atomic E-state index is 0.126. The number of nitrogens with zero attached hydrogens (tertiary/aromatic N) is 2. The number of fused-ring (bicyclic) bond motifs is 1. The largest absolute Gasteiger partial charge is 0.375 e. The van der Waals surface area contributed by atoms with Crippen molar-refractivity contribution in [3.8, 4) is 0 Å². The van der Waals surface area contributed by atoms with Crippen molar-refractivity contribution in [3.63, 3.8) is 0 Å². The maximum Gasteiger partial charge on any atom is 0.254 e. The molecule has 0 saturated carbocycles. The van der Waals surface area contributed by atoms with E-state index in [1.54, 1.807) is 0 Å². The van der Waals surface area contributed by atoms with E-state index < -0.39 is 0 Å². The molecule has 1 aromatic carbocycles. The summed E-state index contributed by atoms with van der Waals surface area (Å²) in [5.74, 6) is 0.126. The number of nitrogens with two attached hydrogens (primary N) is 1. The molecule has 0 spiro atoms. The lowest BCUT2D eigenvalue weighted by molar-refractivity contribution is 0.0636. The molecule has 0 unspecified atom stereocenters. The van der Waals surface area contributed by atoms with Gasteiger partial charge >= 0.3 is 0 Å². The Morgan fingerprint density at radius 1 is 1.47 bits per heavy atom. The average molecular weight is 275 g/mol. The number of rotatable bonds is 1. The Balaban J connectivity index is 1.92. The predicted molar refractivity (Wildman–Crippen MR) is 78.4 cm³/mol. The lowest BCUT2D eigenvalue weighted by atomic mass is 10.0. The number of nitrogen functional groups attached to an aromatic ring is 1. The fourth-order valence-electron chi connectivity index (χ4n) is 2.64. The number of aromatic nitrogens is 1. The van der Waals surface area contributed by atoms with E-state index in [1.807, 2.05) is 23.1 Å². The fraction of sp³-hybridized carbons (Fsp3) is 0.429. The molecule has 1 amide bonds. The lowest BCUT2D eigenvalue weighted by Gasteiger charge is -2.33. The van der Waals surface area contributed by atoms with Crippen LogP contribution >= 0.6 is 11.3 Å². The zero-order valence-corrected chi connectivity index (χ0v) is 11.7. The van der Waals surface area contributed by atoms with Gasteiger partial charge in [0.1, 0.15) is 0 Å². The number of likely N-dealkylation sites (tertiary alicyclic amines) is 1. The summed E-state index contributed by atoms with van der Waals surface area (Å²) in [6.07, 6.45) is 3.42. The van der Waals surface area contributed by atoms with Crippen LogP contribution < -0.4 is 5.73 Å². The molecule has 1 saturated heterocycles. The van der Waals surface area contributed by atoms with E-state index in [0.29, 0.717) is 11.2 Å². The van der Waals surface area contributed by atoms with Gasteiger partial charge in [0.05, 0.1) is 10.2 Å². The van der Waals surface area contributed by atoms with Crippen LogP contribution in [0.3, 0.4) is 0 Å². The number of carbonyl (C=O) groups excluding carboxylic acids is 1. The summed E-state index contributed by atoms with van der Waals surface area (Å²) in [4.78, 5) is 18.7. The Labute approximate surface area is 116 Å². The molecular formula is C14H17N3OS. The van der Waals surface area contributed by atoms with Crippen molar-refractivity contribution in [1.29, 1.82) is 0 Å². The van der Waals surface area contributed by atoms with Crippen LogP contribution in [0, 0.1) is 0 Å². The molecule has 1 fully saturated rings. The highest BCUT2D eigenvalue weighted by atomic mass is 32.1. The van der Waals surface area contributed by atoms with E-state index in [0.717, 1.165) is 35.2 Å². The number of hydrogen-bond acceptors (Lipinski definition) is 4. The molecule has 1 aromatic heterocycles. The molecule has 2 N–H and O–H groups in total. The van der Waals surface area contributed by atoms with Crippen molar-refractivity contribution < 1.29 is 4.79 Å². The van der Waals surface area contributed by atoms with Gasteiger partial charge in [-0.25, -0.2) is 4.98 Å². The Kier molecular flexibility index (Phi) is 3.14. The van der Waals surface area contributed by atoms with Gasteiger partial charge in [0.15, 0.2) is 5.13 Å². The molecule has 2 heterocycles. The second-order valence-corrected chi connectivity index (χ2v) is 6.14. The highest BCUT2D eigenvalue weighted by molar-refractivity contribution is 7.22. The summed E-state index contributed by atoms with van der Waals surface area (Å²) in [5, 5.41) is 0.547. The first-order valence-corrected chi connectivity index (χ1v) is 7.44. The molecule has 5 heteroatoms. The SMILES string of the molecule is C[C@@H]1CCCCN1C(=O)c1ccc2nc(N)sc2c1. The van der Waals surface area contributed by atoms with Gasteiger partial charge in [-0.05, 0) is 44.4 Å². The van der Waals surface area contributed by atoms with Crippen molar-refractivity contribution in [2.45, 2.75) is 32.2 Å². The quantitative estimate of drug-likeness (QED) is 0.870. The van der Waals surface area contributed by atoms with E-state index >= 15 is 0 Å². The molecule has 0 radical (unpaired) electrons. The Morgan fingerprint density at radius 3 is 3.11 bits per heavy atom. The van der Waals surface area contributed by atoms with Gasteiger partial charge in [-0.3, -0.25) is 4.79 Å². The normalized spacial score (nSPS) is 19.8. The lowest BCUT2D eigenvalue weighted by Crippen LogP contribution is -2.41. The number of amides is 1. The highest BCUT2D eigenvalue weighted by Crippen LogP contribution is 2.26. The molecular weight excluding hydrogens is 258 g/mol. The molecule has 1 atom stereocenters. The number of anilines is 1. The molecule has 1 aliphatic heterocycles. The number of carbonyl (C=O) groups is 1. The predicted octanol–water partition coefficient (Wildman–Crippen LogP) is 2.89. The van der Waals surface area contributed by atoms with E-state index in [4.69, 9.17) is 5.73 Å². The Morgan fingerprint density at radius 2 is 2.32 bits per heavy atom. The van der Waals surface area contributed by atoms with Crippen LogP contribution in [0.4, 0.5) is 5.13 Å². The van der Waals surface area contributed by atoms with Crippen LogP contribution in [0.1, 0.15) is 36.5 Å². The molecule has 4 nitrogen and oxygen atoms in total. The maximum absolute atomic E-state index is 12.5. The molecule has 1 aliphatic rings. The van der Waals surface area contributed by atoms with Crippen LogP contribution in [0.5, 0.6) is 0 Å². The highest BCUT2D eigenvalue weighted by Gasteiger charge is 2.24. The van der Waals surface area contributed by atoms with Crippen molar-refractivity contribution in [2.75, 3.05) is 12.3 Å². The summed E-state index contributed by atoms with van der Waals surface area (Å²) in [7, 11) is 0. The van der Waals surface area contributed by atoms with E-state index in [2.05, 4.69) is 11.9 Å². The summed E-state index contributed by atoms with van der Waals surface area (Å²) in [5.41, 5.74) is 7.30. The third-order valence-corrected chi connectivity index (χ3v) is 4.56. The zero-order valence-electron chi connectivity index (χ0n) is 10.9. The topological polar surface area (TPSA) is 59.2 Å². The zero-order chi connectivity index (χ0) is 13.4. The average Bonchev–Trinajstić information content (AvgIpc) is 2.77. The minimum atomic E-state index is 0.126. The molecule has 2 aromatic rings. The fourth-order valence-corrected chi connectivity index (χ4v) is 3.41. The van der Waals surface area contributed by atoms with Gasteiger partial charge in [-0.15, -0.1) is 0 Å². The van der Waals surface area contributed by atoms with Gasteiger partial charge in [-0.1, -0.05) is 11.3 Å². The van der Waals surface area contributed by atoms with Crippen molar-refractivity contribution in [2.24, 2.45) is 0 Å². The Hall–Kier alpha value is -1.62. The summed E-state index contributed by atoms with van der Waals surface area (Å²) in [6, 6.07) is 5.98. The van der Waals surface area contributed by atoms with E-state index in [-0.39, 0.29) is 5.91 Å².